The van der Waals surface area contributed by atoms with Gasteiger partial charge >= 0.3 is 5.97 Å². The quantitative estimate of drug-likeness (QED) is 0.492. The average Bonchev–Trinajstić information content (AvgIpc) is 3.05. The number of esters is 1. The highest BCUT2D eigenvalue weighted by Crippen LogP contribution is 2.30. The Morgan fingerprint density at radius 2 is 1.79 bits per heavy atom. The van der Waals surface area contributed by atoms with Crippen LogP contribution in [0.5, 0.6) is 0 Å². The molecule has 1 aromatic heterocycles. The molecule has 1 heterocycles. The van der Waals surface area contributed by atoms with Crippen LogP contribution >= 0.6 is 0 Å². The van der Waals surface area contributed by atoms with Gasteiger partial charge < -0.3 is 9.72 Å². The number of methoxy groups -OCH3 is 1. The van der Waals surface area contributed by atoms with Gasteiger partial charge in [0, 0.05) is 23.5 Å². The number of anilines is 1. The summed E-state index contributed by atoms with van der Waals surface area (Å²) in [5.41, 5.74) is 4.94. The molecular weight excluding hydrogens is 376 g/mol. The first-order valence-corrected chi connectivity index (χ1v) is 10.1. The third-order valence-electron chi connectivity index (χ3n) is 4.90. The summed E-state index contributed by atoms with van der Waals surface area (Å²) in [5.74, 6) is -0.594. The van der Waals surface area contributed by atoms with E-state index in [-0.39, 0.29) is 6.42 Å². The number of carbonyl (C=O) groups excluding carboxylic acids is 1. The number of para-hydroxylation sites is 1. The minimum atomic E-state index is -3.06. The van der Waals surface area contributed by atoms with Crippen molar-refractivity contribution in [2.75, 3.05) is 11.4 Å². The van der Waals surface area contributed by atoms with Crippen molar-refractivity contribution >= 4 is 33.4 Å². The molecule has 7 heteroatoms. The number of aromatic nitrogens is 1. The summed E-state index contributed by atoms with van der Waals surface area (Å²) in [4.78, 5) is 15.8. The van der Waals surface area contributed by atoms with Crippen LogP contribution in [-0.2, 0) is 26.8 Å². The fraction of sp³-hybridized carbons (Fsp3) is 0.286. The van der Waals surface area contributed by atoms with Crippen LogP contribution in [0.1, 0.15) is 22.3 Å². The van der Waals surface area contributed by atoms with Gasteiger partial charge in [-0.3, -0.25) is 4.31 Å². The van der Waals surface area contributed by atoms with E-state index in [1.165, 1.54) is 11.4 Å². The van der Waals surface area contributed by atoms with E-state index in [0.717, 1.165) is 33.2 Å². The Bertz CT molecular complexity index is 1070. The van der Waals surface area contributed by atoms with E-state index in [9.17, 15) is 13.2 Å². The topological polar surface area (TPSA) is 79.5 Å². The first-order chi connectivity index (χ1) is 13.3. The minimum Gasteiger partial charge on any atom is -0.467 e. The molecule has 148 valence electrons. The summed E-state index contributed by atoms with van der Waals surface area (Å²) in [6.07, 6.45) is 2.01. The number of aryl methyl sites for hydroxylation is 3. The molecule has 0 spiro atoms. The smallest absolute Gasteiger partial charge is 0.330 e. The number of hydrogen-bond donors (Lipinski definition) is 2. The minimum absolute atomic E-state index is 0.201. The number of benzene rings is 2. The number of aromatic amines is 1. The SMILES string of the molecule is COC(=O)[C@H](Cc1c[nH]c2ccccc12)N(c1c(C)cc(C)cc1C)[SH](=O)=O. The molecule has 0 aliphatic heterocycles. The Kier molecular flexibility index (Phi) is 5.74. The molecule has 2 aromatic carbocycles. The molecule has 3 aromatic rings. The number of nitrogens with one attached hydrogen (secondary N) is 1. The molecule has 3 rings (SSSR count). The van der Waals surface area contributed by atoms with Gasteiger partial charge in [-0.25, -0.2) is 13.2 Å². The molecule has 1 N–H and O–H groups in total. The Hall–Kier alpha value is -2.80. The standard InChI is InChI=1S/C21H24N2O4S/c1-13-9-14(2)20(15(3)10-13)23(28(25)26)19(21(24)27-4)11-16-12-22-18-8-6-5-7-17(16)18/h5-10,12,19,22,28H,11H2,1-4H3/t19-/m0/s1. The van der Waals surface area contributed by atoms with Crippen LogP contribution in [0.4, 0.5) is 5.69 Å². The number of H-pyrrole nitrogens is 1. The summed E-state index contributed by atoms with van der Waals surface area (Å²) in [5, 5.41) is 0.954. The second kappa shape index (κ2) is 8.06. The van der Waals surface area contributed by atoms with Crippen LogP contribution in [0.15, 0.2) is 42.6 Å². The van der Waals surface area contributed by atoms with Gasteiger partial charge in [0.2, 0.25) is 10.9 Å². The summed E-state index contributed by atoms with van der Waals surface area (Å²) >= 11 is 0. The second-order valence-electron chi connectivity index (χ2n) is 6.93. The highest BCUT2D eigenvalue weighted by Gasteiger charge is 2.32. The molecular formula is C21H24N2O4S. The average molecular weight is 401 g/mol. The lowest BCUT2D eigenvalue weighted by Gasteiger charge is -2.29. The van der Waals surface area contributed by atoms with Crippen molar-refractivity contribution in [1.29, 1.82) is 0 Å². The highest BCUT2D eigenvalue weighted by atomic mass is 32.2. The van der Waals surface area contributed by atoms with Crippen molar-refractivity contribution in [2.45, 2.75) is 33.2 Å². The van der Waals surface area contributed by atoms with Crippen LogP contribution in [0.3, 0.4) is 0 Å². The van der Waals surface area contributed by atoms with Crippen LogP contribution in [0.2, 0.25) is 0 Å². The largest absolute Gasteiger partial charge is 0.467 e. The lowest BCUT2D eigenvalue weighted by Crippen LogP contribution is -2.43. The van der Waals surface area contributed by atoms with Crippen molar-refractivity contribution < 1.29 is 17.9 Å². The molecule has 0 radical (unpaired) electrons. The molecule has 0 saturated heterocycles. The van der Waals surface area contributed by atoms with E-state index < -0.39 is 22.9 Å². The zero-order valence-corrected chi connectivity index (χ0v) is 17.2. The van der Waals surface area contributed by atoms with E-state index in [2.05, 4.69) is 4.98 Å². The summed E-state index contributed by atoms with van der Waals surface area (Å²) in [6, 6.07) is 10.5. The van der Waals surface area contributed by atoms with Gasteiger partial charge in [0.25, 0.3) is 0 Å². The molecule has 28 heavy (non-hydrogen) atoms. The maximum atomic E-state index is 12.6. The predicted octanol–water partition coefficient (Wildman–Crippen LogP) is 3.21. The van der Waals surface area contributed by atoms with Crippen molar-refractivity contribution in [2.24, 2.45) is 0 Å². The molecule has 0 unspecified atom stereocenters. The van der Waals surface area contributed by atoms with E-state index in [4.69, 9.17) is 4.74 Å². The molecule has 0 aliphatic carbocycles. The monoisotopic (exact) mass is 400 g/mol. The van der Waals surface area contributed by atoms with Crippen molar-refractivity contribution in [3.8, 4) is 0 Å². The van der Waals surface area contributed by atoms with Crippen LogP contribution in [0, 0.1) is 20.8 Å². The maximum Gasteiger partial charge on any atom is 0.330 e. The summed E-state index contributed by atoms with van der Waals surface area (Å²) in [6.45, 7) is 5.65. The second-order valence-corrected chi connectivity index (χ2v) is 7.84. The molecule has 0 bridgehead atoms. The molecule has 0 aliphatic rings. The van der Waals surface area contributed by atoms with E-state index >= 15 is 0 Å². The number of hydrogen-bond acceptors (Lipinski definition) is 4. The van der Waals surface area contributed by atoms with Crippen molar-refractivity contribution in [3.05, 3.63) is 64.8 Å². The summed E-state index contributed by atoms with van der Waals surface area (Å²) < 4.78 is 30.7. The lowest BCUT2D eigenvalue weighted by molar-refractivity contribution is -0.141. The van der Waals surface area contributed by atoms with E-state index in [1.807, 2.05) is 63.4 Å². The number of rotatable bonds is 6. The third-order valence-corrected chi connectivity index (χ3v) is 5.73. The predicted molar refractivity (Wildman–Crippen MR) is 111 cm³/mol. The molecule has 0 amide bonds. The highest BCUT2D eigenvalue weighted by molar-refractivity contribution is 7.74. The number of thiol groups is 1. The van der Waals surface area contributed by atoms with Gasteiger partial charge in [0.05, 0.1) is 12.8 Å². The van der Waals surface area contributed by atoms with E-state index in [0.29, 0.717) is 5.69 Å². The normalized spacial score (nSPS) is 12.3. The van der Waals surface area contributed by atoms with Crippen LogP contribution in [0.25, 0.3) is 10.9 Å². The zero-order chi connectivity index (χ0) is 20.4. The van der Waals surface area contributed by atoms with Gasteiger partial charge in [-0.05, 0) is 43.5 Å². The summed E-state index contributed by atoms with van der Waals surface area (Å²) in [7, 11) is -1.79. The fourth-order valence-electron chi connectivity index (χ4n) is 3.80. The zero-order valence-electron chi connectivity index (χ0n) is 16.4. The number of ether oxygens (including phenoxy) is 1. The first-order valence-electron chi connectivity index (χ1n) is 8.97. The van der Waals surface area contributed by atoms with Gasteiger partial charge in [-0.15, -0.1) is 0 Å². The van der Waals surface area contributed by atoms with Crippen molar-refractivity contribution in [3.63, 3.8) is 0 Å². The number of nitrogens with zero attached hydrogens (tertiary/aromatic N) is 1. The van der Waals surface area contributed by atoms with Crippen molar-refractivity contribution in [1.82, 2.24) is 4.98 Å². The number of carbonyl (C=O) groups is 1. The lowest BCUT2D eigenvalue weighted by atomic mass is 10.0. The maximum absolute atomic E-state index is 12.6. The molecule has 0 saturated carbocycles. The van der Waals surface area contributed by atoms with Crippen LogP contribution in [-0.4, -0.2) is 32.5 Å². The van der Waals surface area contributed by atoms with Crippen LogP contribution < -0.4 is 4.31 Å². The van der Waals surface area contributed by atoms with E-state index in [1.54, 1.807) is 0 Å². The number of fused-ring (bicyclic) bond motifs is 1. The Balaban J connectivity index is 2.12. The third kappa shape index (κ3) is 3.75. The fourth-order valence-corrected chi connectivity index (χ4v) is 4.68. The Labute approximate surface area is 166 Å². The first kappa shape index (κ1) is 19.9. The van der Waals surface area contributed by atoms with Gasteiger partial charge in [-0.1, -0.05) is 35.9 Å². The molecule has 6 nitrogen and oxygen atoms in total. The Morgan fingerprint density at radius 1 is 1.14 bits per heavy atom. The van der Waals surface area contributed by atoms with Gasteiger partial charge in [-0.2, -0.15) is 0 Å². The molecule has 1 atom stereocenters. The van der Waals surface area contributed by atoms with Gasteiger partial charge in [0.15, 0.2) is 0 Å². The Morgan fingerprint density at radius 3 is 2.39 bits per heavy atom. The molecule has 0 fully saturated rings. The van der Waals surface area contributed by atoms with Gasteiger partial charge in [0.1, 0.15) is 6.04 Å².